The second kappa shape index (κ2) is 4.65. The molecule has 1 heterocycles. The molecule has 2 atom stereocenters. The van der Waals surface area contributed by atoms with Gasteiger partial charge in [0, 0.05) is 13.1 Å². The number of nitrogens with one attached hydrogen (secondary N) is 1. The Morgan fingerprint density at radius 3 is 2.94 bits per heavy atom. The number of likely N-dealkylation sites (N-methyl/N-ethyl adjacent to an activating group) is 1. The molecule has 2 N–H and O–H groups in total. The fourth-order valence-electron chi connectivity index (χ4n) is 2.26. The van der Waals surface area contributed by atoms with Gasteiger partial charge < -0.3 is 15.0 Å². The summed E-state index contributed by atoms with van der Waals surface area (Å²) in [6.07, 6.45) is 5.05. The molecule has 0 bridgehead atoms. The van der Waals surface area contributed by atoms with Gasteiger partial charge in [-0.05, 0) is 12.8 Å². The van der Waals surface area contributed by atoms with Crippen LogP contribution in [-0.2, 0) is 0 Å². The van der Waals surface area contributed by atoms with Gasteiger partial charge in [-0.15, -0.1) is 0 Å². The van der Waals surface area contributed by atoms with E-state index in [1.54, 1.807) is 0 Å². The number of aliphatic hydroxyl groups excluding tert-OH is 1. The molecule has 5 nitrogen and oxygen atoms in total. The summed E-state index contributed by atoms with van der Waals surface area (Å²) < 4.78 is 0. The average molecular weight is 223 g/mol. The van der Waals surface area contributed by atoms with Crippen LogP contribution in [0.25, 0.3) is 0 Å². The van der Waals surface area contributed by atoms with Crippen molar-refractivity contribution in [2.75, 3.05) is 11.9 Å². The predicted octanol–water partition coefficient (Wildman–Crippen LogP) is 0.510. The van der Waals surface area contributed by atoms with Crippen molar-refractivity contribution in [3.63, 3.8) is 0 Å². The Bertz CT molecular complexity index is 404. The van der Waals surface area contributed by atoms with Crippen LogP contribution in [0.3, 0.4) is 0 Å². The summed E-state index contributed by atoms with van der Waals surface area (Å²) in [5, 5.41) is 9.91. The minimum atomic E-state index is -0.320. The second-order valence-electron chi connectivity index (χ2n) is 4.30. The van der Waals surface area contributed by atoms with Crippen LogP contribution in [0.5, 0.6) is 0 Å². The predicted molar refractivity (Wildman–Crippen MR) is 61.5 cm³/mol. The highest BCUT2D eigenvalue weighted by molar-refractivity contribution is 5.37. The molecule has 0 radical (unpaired) electrons. The maximum atomic E-state index is 11.2. The molecule has 16 heavy (non-hydrogen) atoms. The van der Waals surface area contributed by atoms with Crippen molar-refractivity contribution in [1.29, 1.82) is 0 Å². The Labute approximate surface area is 94.1 Å². The highest BCUT2D eigenvalue weighted by Gasteiger charge is 2.27. The van der Waals surface area contributed by atoms with Crippen molar-refractivity contribution in [3.8, 4) is 0 Å². The van der Waals surface area contributed by atoms with Crippen molar-refractivity contribution in [1.82, 2.24) is 9.97 Å². The maximum Gasteiger partial charge on any atom is 0.252 e. The fourth-order valence-corrected chi connectivity index (χ4v) is 2.26. The van der Waals surface area contributed by atoms with Crippen molar-refractivity contribution >= 4 is 5.82 Å². The van der Waals surface area contributed by atoms with Gasteiger partial charge >= 0.3 is 0 Å². The maximum absolute atomic E-state index is 11.2. The highest BCUT2D eigenvalue weighted by Crippen LogP contribution is 2.24. The van der Waals surface area contributed by atoms with E-state index < -0.39 is 0 Å². The lowest BCUT2D eigenvalue weighted by atomic mass is 9.91. The standard InChI is InChI=1S/C11H17N3O2/c1-14(8-4-2-3-5-9(8)15)10-6-11(16)13-7-12-10/h6-9,15H,2-5H2,1H3,(H,12,13,16). The van der Waals surface area contributed by atoms with Gasteiger partial charge in [0.2, 0.25) is 0 Å². The van der Waals surface area contributed by atoms with Crippen LogP contribution in [0, 0.1) is 0 Å². The van der Waals surface area contributed by atoms with E-state index in [-0.39, 0.29) is 17.7 Å². The summed E-state index contributed by atoms with van der Waals surface area (Å²) in [5.74, 6) is 0.620. The Hall–Kier alpha value is -1.36. The van der Waals surface area contributed by atoms with Gasteiger partial charge in [0.05, 0.1) is 18.5 Å². The first-order valence-electron chi connectivity index (χ1n) is 5.64. The molecule has 0 amide bonds. The van der Waals surface area contributed by atoms with Gasteiger partial charge in [0.15, 0.2) is 0 Å². The minimum absolute atomic E-state index is 0.0723. The van der Waals surface area contributed by atoms with Crippen molar-refractivity contribution < 1.29 is 5.11 Å². The molecule has 0 aromatic carbocycles. The van der Waals surface area contributed by atoms with Crippen LogP contribution in [0.2, 0.25) is 0 Å². The number of hydrogen-bond acceptors (Lipinski definition) is 4. The molecule has 1 aliphatic rings. The monoisotopic (exact) mass is 223 g/mol. The number of aromatic nitrogens is 2. The largest absolute Gasteiger partial charge is 0.391 e. The molecule has 88 valence electrons. The molecule has 1 aliphatic carbocycles. The van der Waals surface area contributed by atoms with E-state index in [0.717, 1.165) is 25.7 Å². The number of rotatable bonds is 2. The van der Waals surface area contributed by atoms with E-state index in [1.807, 2.05) is 11.9 Å². The summed E-state index contributed by atoms with van der Waals surface area (Å²) in [5.41, 5.74) is -0.165. The molecule has 1 saturated carbocycles. The van der Waals surface area contributed by atoms with Gasteiger partial charge in [-0.25, -0.2) is 4.98 Å². The molecule has 2 rings (SSSR count). The molecule has 1 fully saturated rings. The van der Waals surface area contributed by atoms with Crippen molar-refractivity contribution in [2.45, 2.75) is 37.8 Å². The van der Waals surface area contributed by atoms with Crippen LogP contribution < -0.4 is 10.5 Å². The lowest BCUT2D eigenvalue weighted by Crippen LogP contribution is -2.44. The molecular formula is C11H17N3O2. The van der Waals surface area contributed by atoms with Crippen LogP contribution in [0.4, 0.5) is 5.82 Å². The lowest BCUT2D eigenvalue weighted by molar-refractivity contribution is 0.106. The zero-order valence-corrected chi connectivity index (χ0v) is 9.39. The molecule has 1 aromatic rings. The van der Waals surface area contributed by atoms with Gasteiger partial charge in [-0.1, -0.05) is 12.8 Å². The van der Waals surface area contributed by atoms with E-state index in [1.165, 1.54) is 12.4 Å². The number of aliphatic hydroxyl groups is 1. The van der Waals surface area contributed by atoms with Crippen LogP contribution in [-0.4, -0.2) is 34.3 Å². The van der Waals surface area contributed by atoms with Crippen LogP contribution in [0.1, 0.15) is 25.7 Å². The number of H-pyrrole nitrogens is 1. The van der Waals surface area contributed by atoms with Crippen molar-refractivity contribution in [3.05, 3.63) is 22.7 Å². The van der Waals surface area contributed by atoms with Gasteiger partial charge in [0.1, 0.15) is 5.82 Å². The SMILES string of the molecule is CN(c1cc(=O)[nH]cn1)C1CCCCC1O. The minimum Gasteiger partial charge on any atom is -0.391 e. The van der Waals surface area contributed by atoms with Crippen LogP contribution in [0.15, 0.2) is 17.2 Å². The Morgan fingerprint density at radius 1 is 1.50 bits per heavy atom. The van der Waals surface area contributed by atoms with E-state index >= 15 is 0 Å². The zero-order valence-electron chi connectivity index (χ0n) is 9.39. The Morgan fingerprint density at radius 2 is 2.25 bits per heavy atom. The first-order valence-corrected chi connectivity index (χ1v) is 5.64. The zero-order chi connectivity index (χ0) is 11.5. The van der Waals surface area contributed by atoms with E-state index in [2.05, 4.69) is 9.97 Å². The first-order chi connectivity index (χ1) is 7.68. The molecule has 1 aromatic heterocycles. The van der Waals surface area contributed by atoms with Crippen molar-refractivity contribution in [2.24, 2.45) is 0 Å². The van der Waals surface area contributed by atoms with Gasteiger partial charge in [-0.3, -0.25) is 4.79 Å². The summed E-state index contributed by atoms with van der Waals surface area (Å²) in [6, 6.07) is 1.53. The Balaban J connectivity index is 2.17. The van der Waals surface area contributed by atoms with E-state index in [9.17, 15) is 9.90 Å². The first kappa shape index (κ1) is 11.1. The normalized spacial score (nSPS) is 25.4. The smallest absolute Gasteiger partial charge is 0.252 e. The third-order valence-electron chi connectivity index (χ3n) is 3.22. The third-order valence-corrected chi connectivity index (χ3v) is 3.22. The summed E-state index contributed by atoms with van der Waals surface area (Å²) in [7, 11) is 1.88. The number of aromatic amines is 1. The molecular weight excluding hydrogens is 206 g/mol. The van der Waals surface area contributed by atoms with E-state index in [0.29, 0.717) is 5.82 Å². The Kier molecular flexibility index (Phi) is 3.24. The highest BCUT2D eigenvalue weighted by atomic mass is 16.3. The summed E-state index contributed by atoms with van der Waals surface area (Å²) >= 11 is 0. The quantitative estimate of drug-likeness (QED) is 0.766. The molecule has 5 heteroatoms. The number of nitrogens with zero attached hydrogens (tertiary/aromatic N) is 2. The van der Waals surface area contributed by atoms with Gasteiger partial charge in [0.25, 0.3) is 5.56 Å². The average Bonchev–Trinajstić information content (AvgIpc) is 2.29. The summed E-state index contributed by atoms with van der Waals surface area (Å²) in [4.78, 5) is 19.7. The fraction of sp³-hybridized carbons (Fsp3) is 0.636. The second-order valence-corrected chi connectivity index (χ2v) is 4.30. The molecule has 0 saturated heterocycles. The number of hydrogen-bond donors (Lipinski definition) is 2. The van der Waals surface area contributed by atoms with E-state index in [4.69, 9.17) is 0 Å². The lowest BCUT2D eigenvalue weighted by Gasteiger charge is -2.35. The molecule has 2 unspecified atom stereocenters. The topological polar surface area (TPSA) is 69.2 Å². The van der Waals surface area contributed by atoms with Crippen LogP contribution >= 0.6 is 0 Å². The van der Waals surface area contributed by atoms with Gasteiger partial charge in [-0.2, -0.15) is 0 Å². The number of anilines is 1. The molecule has 0 spiro atoms. The summed E-state index contributed by atoms with van der Waals surface area (Å²) in [6.45, 7) is 0. The third kappa shape index (κ3) is 2.24. The molecule has 0 aliphatic heterocycles.